The van der Waals surface area contributed by atoms with Crippen LogP contribution >= 0.6 is 11.8 Å². The van der Waals surface area contributed by atoms with Gasteiger partial charge in [0.15, 0.2) is 0 Å². The third-order valence-corrected chi connectivity index (χ3v) is 7.84. The van der Waals surface area contributed by atoms with Crippen molar-refractivity contribution in [1.29, 1.82) is 0 Å². The highest BCUT2D eigenvalue weighted by Crippen LogP contribution is 2.65. The molecule has 1 aromatic heterocycles. The van der Waals surface area contributed by atoms with Gasteiger partial charge in [0.2, 0.25) is 5.91 Å². The molecule has 4 aromatic rings. The summed E-state index contributed by atoms with van der Waals surface area (Å²) in [6.45, 7) is 0. The van der Waals surface area contributed by atoms with Crippen LogP contribution in [-0.4, -0.2) is 28.5 Å². The second-order valence-corrected chi connectivity index (χ2v) is 9.09. The molecule has 3 heterocycles. The average Bonchev–Trinajstić information content (AvgIpc) is 3.48. The highest BCUT2D eigenvalue weighted by molar-refractivity contribution is 8.09. The number of aromatic nitrogens is 2. The average molecular weight is 439 g/mol. The molecule has 0 N–H and O–H groups in total. The molecule has 1 unspecified atom stereocenters. The molecule has 156 valence electrons. The van der Waals surface area contributed by atoms with Crippen molar-refractivity contribution in [2.45, 2.75) is 4.75 Å². The number of carbonyl (C=O) groups excluding carboxylic acids is 2. The maximum Gasteiger partial charge on any atom is 0.335 e. The third-order valence-electron chi connectivity index (χ3n) is 6.21. The maximum atomic E-state index is 14.0. The summed E-state index contributed by atoms with van der Waals surface area (Å²) in [5, 5.41) is 0. The van der Waals surface area contributed by atoms with E-state index in [4.69, 9.17) is 9.72 Å². The Balaban J connectivity index is 1.69. The van der Waals surface area contributed by atoms with E-state index in [0.717, 1.165) is 27.1 Å². The van der Waals surface area contributed by atoms with Crippen LogP contribution in [0.5, 0.6) is 0 Å². The Bertz CT molecular complexity index is 1430. The molecule has 0 radical (unpaired) electrons. The molecule has 0 spiro atoms. The Kier molecular flexibility index (Phi) is 4.13. The molecular formula is C26H18N2O3S. The van der Waals surface area contributed by atoms with Gasteiger partial charge in [-0.2, -0.15) is 0 Å². The van der Waals surface area contributed by atoms with Gasteiger partial charge in [0, 0.05) is 4.91 Å². The Hall–Kier alpha value is -3.64. The van der Waals surface area contributed by atoms with Gasteiger partial charge < -0.3 is 4.74 Å². The van der Waals surface area contributed by atoms with Gasteiger partial charge >= 0.3 is 5.97 Å². The summed E-state index contributed by atoms with van der Waals surface area (Å²) in [5.74, 6) is -0.721. The standard InChI is InChI=1S/C26H18N2O3S/c1-31-24(30)20-21-23(29)28-19-15-9-8-14-18(19)27-25(28)26(21,17-12-6-3-7-13-17)32-22(20)16-10-4-2-5-11-16/h2-15,21H,1H3/t21?,26-/m0/s1. The van der Waals surface area contributed by atoms with Gasteiger partial charge in [0.05, 0.1) is 29.6 Å². The minimum absolute atomic E-state index is 0.156. The zero-order chi connectivity index (χ0) is 21.9. The van der Waals surface area contributed by atoms with Crippen LogP contribution < -0.4 is 0 Å². The molecule has 2 aliphatic rings. The van der Waals surface area contributed by atoms with E-state index in [2.05, 4.69) is 0 Å². The first-order chi connectivity index (χ1) is 15.7. The first kappa shape index (κ1) is 19.1. The minimum Gasteiger partial charge on any atom is -0.466 e. The van der Waals surface area contributed by atoms with Gasteiger partial charge in [-0.25, -0.2) is 9.78 Å². The number of carbonyl (C=O) groups is 2. The zero-order valence-electron chi connectivity index (χ0n) is 17.2. The number of rotatable bonds is 3. The lowest BCUT2D eigenvalue weighted by Crippen LogP contribution is -2.32. The van der Waals surface area contributed by atoms with Crippen LogP contribution in [0.3, 0.4) is 0 Å². The number of hydrogen-bond donors (Lipinski definition) is 0. The van der Waals surface area contributed by atoms with Crippen molar-refractivity contribution in [3.8, 4) is 0 Å². The van der Waals surface area contributed by atoms with E-state index in [9.17, 15) is 9.59 Å². The number of benzene rings is 3. The molecule has 2 aliphatic heterocycles. The van der Waals surface area contributed by atoms with Crippen molar-refractivity contribution in [3.05, 3.63) is 107 Å². The number of para-hydroxylation sites is 2. The quantitative estimate of drug-likeness (QED) is 0.427. The number of imidazole rings is 1. The van der Waals surface area contributed by atoms with Crippen LogP contribution in [0.15, 0.2) is 90.5 Å². The molecule has 2 atom stereocenters. The molecule has 6 rings (SSSR count). The van der Waals surface area contributed by atoms with Crippen molar-refractivity contribution in [3.63, 3.8) is 0 Å². The Labute approximate surface area is 188 Å². The van der Waals surface area contributed by atoms with Crippen LogP contribution in [0.4, 0.5) is 0 Å². The molecule has 5 nitrogen and oxygen atoms in total. The number of fused-ring (bicyclic) bond motifs is 5. The molecule has 0 saturated carbocycles. The van der Waals surface area contributed by atoms with Crippen LogP contribution in [0, 0.1) is 5.92 Å². The summed E-state index contributed by atoms with van der Waals surface area (Å²) >= 11 is 1.52. The molecule has 0 fully saturated rings. The van der Waals surface area contributed by atoms with Gasteiger partial charge in [0.25, 0.3) is 0 Å². The predicted molar refractivity (Wildman–Crippen MR) is 124 cm³/mol. The summed E-state index contributed by atoms with van der Waals surface area (Å²) in [4.78, 5) is 32.8. The fourth-order valence-corrected chi connectivity index (χ4v) is 6.58. The molecular weight excluding hydrogens is 420 g/mol. The monoisotopic (exact) mass is 438 g/mol. The Morgan fingerprint density at radius 1 is 0.969 bits per heavy atom. The predicted octanol–water partition coefficient (Wildman–Crippen LogP) is 4.88. The highest BCUT2D eigenvalue weighted by atomic mass is 32.2. The summed E-state index contributed by atoms with van der Waals surface area (Å²) in [6, 6.07) is 27.2. The molecule has 6 heteroatoms. The van der Waals surface area contributed by atoms with Crippen molar-refractivity contribution in [1.82, 2.24) is 9.55 Å². The molecule has 0 aliphatic carbocycles. The maximum absolute atomic E-state index is 14.0. The Morgan fingerprint density at radius 2 is 1.62 bits per heavy atom. The van der Waals surface area contributed by atoms with Gasteiger partial charge in [0.1, 0.15) is 10.6 Å². The van der Waals surface area contributed by atoms with Crippen molar-refractivity contribution < 1.29 is 14.3 Å². The first-order valence-corrected chi connectivity index (χ1v) is 11.1. The van der Waals surface area contributed by atoms with Crippen molar-refractivity contribution in [2.24, 2.45) is 5.92 Å². The molecule has 32 heavy (non-hydrogen) atoms. The van der Waals surface area contributed by atoms with Gasteiger partial charge in [-0.1, -0.05) is 72.8 Å². The van der Waals surface area contributed by atoms with Crippen molar-refractivity contribution in [2.75, 3.05) is 7.11 Å². The summed E-state index contributed by atoms with van der Waals surface area (Å²) in [7, 11) is 1.36. The van der Waals surface area contributed by atoms with E-state index < -0.39 is 16.6 Å². The minimum atomic E-state index is -0.855. The van der Waals surface area contributed by atoms with E-state index in [1.54, 1.807) is 4.57 Å². The number of esters is 1. The number of hydrogen-bond acceptors (Lipinski definition) is 5. The smallest absolute Gasteiger partial charge is 0.335 e. The van der Waals surface area contributed by atoms with Crippen molar-refractivity contribution >= 4 is 39.6 Å². The van der Waals surface area contributed by atoms with Gasteiger partial charge in [-0.3, -0.25) is 9.36 Å². The molecule has 3 aromatic carbocycles. The lowest BCUT2D eigenvalue weighted by Gasteiger charge is -2.27. The van der Waals surface area contributed by atoms with E-state index in [1.165, 1.54) is 18.9 Å². The SMILES string of the molecule is COC(=O)C1=C(c2ccccc2)S[C@]2(c3ccccc3)c3nc4ccccc4n3C(=O)C12. The largest absolute Gasteiger partial charge is 0.466 e. The van der Waals surface area contributed by atoms with Crippen LogP contribution in [0.2, 0.25) is 0 Å². The molecule has 0 bridgehead atoms. The highest BCUT2D eigenvalue weighted by Gasteiger charge is 2.64. The molecule has 0 amide bonds. The second kappa shape index (κ2) is 6.93. The summed E-state index contributed by atoms with van der Waals surface area (Å²) < 4.78 is 6.02. The van der Waals surface area contributed by atoms with E-state index in [1.807, 2.05) is 84.9 Å². The number of methoxy groups -OCH3 is 1. The number of ether oxygens (including phenoxy) is 1. The fourth-order valence-electron chi connectivity index (χ4n) is 4.87. The molecule has 0 saturated heterocycles. The fraction of sp³-hybridized carbons (Fsp3) is 0.115. The number of nitrogens with zero attached hydrogens (tertiary/aromatic N) is 2. The topological polar surface area (TPSA) is 61.2 Å². The number of thioether (sulfide) groups is 1. The van der Waals surface area contributed by atoms with Crippen LogP contribution in [0.25, 0.3) is 15.9 Å². The van der Waals surface area contributed by atoms with E-state index in [0.29, 0.717) is 11.4 Å². The van der Waals surface area contributed by atoms with Crippen LogP contribution in [-0.2, 0) is 14.3 Å². The van der Waals surface area contributed by atoms with E-state index >= 15 is 0 Å². The van der Waals surface area contributed by atoms with Gasteiger partial charge in [-0.05, 0) is 23.3 Å². The summed E-state index contributed by atoms with van der Waals surface area (Å²) in [5.41, 5.74) is 3.73. The zero-order valence-corrected chi connectivity index (χ0v) is 18.0. The first-order valence-electron chi connectivity index (χ1n) is 10.3. The lowest BCUT2D eigenvalue weighted by molar-refractivity contribution is -0.136. The summed E-state index contributed by atoms with van der Waals surface area (Å²) in [6.07, 6.45) is 0. The van der Waals surface area contributed by atoms with Gasteiger partial charge in [-0.15, -0.1) is 11.8 Å². The second-order valence-electron chi connectivity index (χ2n) is 7.83. The van der Waals surface area contributed by atoms with E-state index in [-0.39, 0.29) is 5.91 Å². The van der Waals surface area contributed by atoms with Crippen LogP contribution in [0.1, 0.15) is 21.7 Å². The Morgan fingerprint density at radius 3 is 2.34 bits per heavy atom. The lowest BCUT2D eigenvalue weighted by atomic mass is 9.81. The third kappa shape index (κ3) is 2.38. The normalized spacial score (nSPS) is 21.7.